The molecule has 104 valence electrons. The van der Waals surface area contributed by atoms with Gasteiger partial charge < -0.3 is 14.6 Å². The number of fused-ring (bicyclic) bond motifs is 2. The van der Waals surface area contributed by atoms with E-state index < -0.39 is 17.3 Å². The Bertz CT molecular complexity index is 483. The maximum atomic E-state index is 12.5. The summed E-state index contributed by atoms with van der Waals surface area (Å²) in [7, 11) is 0. The van der Waals surface area contributed by atoms with Crippen molar-refractivity contribution in [3.8, 4) is 0 Å². The first-order chi connectivity index (χ1) is 8.88. The quantitative estimate of drug-likeness (QED) is 0.528. The van der Waals surface area contributed by atoms with Crippen LogP contribution in [0.2, 0.25) is 0 Å². The van der Waals surface area contributed by atoms with Gasteiger partial charge in [0.25, 0.3) is 0 Å². The van der Waals surface area contributed by atoms with Gasteiger partial charge in [-0.2, -0.15) is 0 Å². The molecule has 4 fully saturated rings. The third-order valence-electron chi connectivity index (χ3n) is 5.75. The van der Waals surface area contributed by atoms with Crippen LogP contribution in [-0.4, -0.2) is 40.4 Å². The van der Waals surface area contributed by atoms with Crippen LogP contribution in [0.25, 0.3) is 0 Å². The van der Waals surface area contributed by atoms with Gasteiger partial charge in [-0.15, -0.1) is 0 Å². The lowest BCUT2D eigenvalue weighted by molar-refractivity contribution is -0.117. The minimum atomic E-state index is -0.928. The summed E-state index contributed by atoms with van der Waals surface area (Å²) in [5.41, 5.74) is -1.000. The molecule has 0 aromatic heterocycles. The van der Waals surface area contributed by atoms with Crippen molar-refractivity contribution in [2.45, 2.75) is 62.6 Å². The molecule has 0 unspecified atom stereocenters. The molecular formula is C15H20O4. The zero-order valence-corrected chi connectivity index (χ0v) is 11.4. The Morgan fingerprint density at radius 2 is 2.21 bits per heavy atom. The van der Waals surface area contributed by atoms with Gasteiger partial charge in [-0.05, 0) is 38.7 Å². The van der Waals surface area contributed by atoms with Gasteiger partial charge in [0.1, 0.15) is 5.60 Å². The molecule has 1 spiro atoms. The normalized spacial score (nSPS) is 59.4. The van der Waals surface area contributed by atoms with Gasteiger partial charge in [-0.25, -0.2) is 0 Å². The summed E-state index contributed by atoms with van der Waals surface area (Å²) in [5, 5.41) is 10.6. The number of carbonyl (C=O) groups excluding carboxylic acids is 1. The molecule has 2 aliphatic heterocycles. The molecule has 4 rings (SSSR count). The second-order valence-corrected chi connectivity index (χ2v) is 6.85. The first-order valence-corrected chi connectivity index (χ1v) is 7.17. The number of rotatable bonds is 0. The number of hydrogen-bond donors (Lipinski definition) is 1. The molecule has 2 saturated carbocycles. The highest BCUT2D eigenvalue weighted by Gasteiger charge is 2.79. The fraction of sp³-hybridized carbons (Fsp3) is 0.800. The molecular weight excluding hydrogens is 244 g/mol. The SMILES string of the molecule is C=C1C(=O)[C@H]2O[C@@]23[C@@H](CC[C@]3(C)O)[C@@H]2O[C@H](C)C[C@@H]12. The fourth-order valence-corrected chi connectivity index (χ4v) is 4.73. The van der Waals surface area contributed by atoms with Gasteiger partial charge in [-0.3, -0.25) is 4.79 Å². The summed E-state index contributed by atoms with van der Waals surface area (Å²) in [4.78, 5) is 12.5. The molecule has 2 aliphatic carbocycles. The smallest absolute Gasteiger partial charge is 0.190 e. The lowest BCUT2D eigenvalue weighted by Gasteiger charge is -2.30. The van der Waals surface area contributed by atoms with Gasteiger partial charge in [0, 0.05) is 11.8 Å². The Balaban J connectivity index is 1.82. The molecule has 19 heavy (non-hydrogen) atoms. The van der Waals surface area contributed by atoms with Crippen molar-refractivity contribution in [3.63, 3.8) is 0 Å². The molecule has 2 heterocycles. The van der Waals surface area contributed by atoms with Crippen LogP contribution in [0, 0.1) is 11.8 Å². The number of ether oxygens (including phenoxy) is 2. The average molecular weight is 264 g/mol. The second kappa shape index (κ2) is 3.30. The first kappa shape index (κ1) is 12.1. The summed E-state index contributed by atoms with van der Waals surface area (Å²) in [6, 6.07) is 0. The Kier molecular flexibility index (Phi) is 2.09. The number of hydrogen-bond acceptors (Lipinski definition) is 4. The van der Waals surface area contributed by atoms with Crippen LogP contribution < -0.4 is 0 Å². The molecule has 0 amide bonds. The van der Waals surface area contributed by atoms with Crippen molar-refractivity contribution in [1.29, 1.82) is 0 Å². The number of epoxide rings is 1. The number of aliphatic hydroxyl groups is 1. The molecule has 4 nitrogen and oxygen atoms in total. The Morgan fingerprint density at radius 3 is 2.95 bits per heavy atom. The van der Waals surface area contributed by atoms with E-state index in [1.807, 2.05) is 6.92 Å². The highest BCUT2D eigenvalue weighted by Crippen LogP contribution is 2.64. The fourth-order valence-electron chi connectivity index (χ4n) is 4.73. The predicted molar refractivity (Wildman–Crippen MR) is 67.5 cm³/mol. The van der Waals surface area contributed by atoms with E-state index in [-0.39, 0.29) is 29.8 Å². The predicted octanol–water partition coefficient (Wildman–Crippen LogP) is 1.22. The van der Waals surface area contributed by atoms with Crippen molar-refractivity contribution in [1.82, 2.24) is 0 Å². The lowest BCUT2D eigenvalue weighted by atomic mass is 9.80. The molecule has 4 heteroatoms. The van der Waals surface area contributed by atoms with E-state index in [4.69, 9.17) is 9.47 Å². The maximum absolute atomic E-state index is 12.5. The summed E-state index contributed by atoms with van der Waals surface area (Å²) in [6.07, 6.45) is 2.03. The monoisotopic (exact) mass is 264 g/mol. The molecule has 0 aromatic carbocycles. The standard InChI is InChI=1S/C15H20O4/c1-7-6-9-8(2)11(16)13-15(19-13)10(12(9)18-7)4-5-14(15,3)17/h7,9-10,12-13,17H,2,4-6H2,1,3H3/t7-,9+,10+,12-,13-,14+,15+/m1/s1. The van der Waals surface area contributed by atoms with E-state index in [1.54, 1.807) is 6.92 Å². The average Bonchev–Trinajstić information content (AvgIpc) is 2.92. The van der Waals surface area contributed by atoms with Crippen LogP contribution in [0.5, 0.6) is 0 Å². The van der Waals surface area contributed by atoms with Crippen molar-refractivity contribution >= 4 is 5.78 Å². The van der Waals surface area contributed by atoms with E-state index in [9.17, 15) is 9.90 Å². The lowest BCUT2D eigenvalue weighted by Crippen LogP contribution is -2.46. The Hall–Kier alpha value is -0.710. The summed E-state index contributed by atoms with van der Waals surface area (Å²) < 4.78 is 11.8. The largest absolute Gasteiger partial charge is 0.387 e. The van der Waals surface area contributed by atoms with Gasteiger partial charge in [0.15, 0.2) is 11.9 Å². The minimum Gasteiger partial charge on any atom is -0.387 e. The second-order valence-electron chi connectivity index (χ2n) is 6.85. The summed E-state index contributed by atoms with van der Waals surface area (Å²) in [6.45, 7) is 7.82. The maximum Gasteiger partial charge on any atom is 0.190 e. The Morgan fingerprint density at radius 1 is 1.47 bits per heavy atom. The van der Waals surface area contributed by atoms with Crippen molar-refractivity contribution in [3.05, 3.63) is 12.2 Å². The molecule has 1 N–H and O–H groups in total. The Labute approximate surface area is 112 Å². The summed E-state index contributed by atoms with van der Waals surface area (Å²) in [5.74, 6) is 0.206. The first-order valence-electron chi connectivity index (χ1n) is 7.17. The van der Waals surface area contributed by atoms with Crippen LogP contribution in [0.3, 0.4) is 0 Å². The number of ketones is 1. The highest BCUT2D eigenvalue weighted by atomic mass is 16.6. The van der Waals surface area contributed by atoms with Crippen LogP contribution in [0.1, 0.15) is 33.1 Å². The van der Waals surface area contributed by atoms with E-state index in [2.05, 4.69) is 6.58 Å². The van der Waals surface area contributed by atoms with E-state index in [1.165, 1.54) is 0 Å². The van der Waals surface area contributed by atoms with Gasteiger partial charge in [-0.1, -0.05) is 6.58 Å². The third kappa shape index (κ3) is 1.23. The molecule has 4 aliphatic rings. The zero-order chi connectivity index (χ0) is 13.6. The van der Waals surface area contributed by atoms with E-state index >= 15 is 0 Å². The van der Waals surface area contributed by atoms with Crippen LogP contribution in [-0.2, 0) is 14.3 Å². The topological polar surface area (TPSA) is 59.1 Å². The highest BCUT2D eigenvalue weighted by molar-refractivity contribution is 6.02. The van der Waals surface area contributed by atoms with Gasteiger partial charge >= 0.3 is 0 Å². The van der Waals surface area contributed by atoms with E-state index in [0.29, 0.717) is 12.0 Å². The van der Waals surface area contributed by atoms with Crippen LogP contribution in [0.15, 0.2) is 12.2 Å². The molecule has 0 radical (unpaired) electrons. The van der Waals surface area contributed by atoms with Crippen molar-refractivity contribution < 1.29 is 19.4 Å². The number of carbonyl (C=O) groups is 1. The molecule has 2 saturated heterocycles. The van der Waals surface area contributed by atoms with E-state index in [0.717, 1.165) is 12.8 Å². The van der Waals surface area contributed by atoms with Gasteiger partial charge in [0.2, 0.25) is 0 Å². The molecule has 0 aromatic rings. The summed E-state index contributed by atoms with van der Waals surface area (Å²) >= 11 is 0. The molecule has 0 bridgehead atoms. The molecule has 7 atom stereocenters. The van der Waals surface area contributed by atoms with Crippen LogP contribution >= 0.6 is 0 Å². The zero-order valence-electron chi connectivity index (χ0n) is 11.4. The van der Waals surface area contributed by atoms with Crippen LogP contribution in [0.4, 0.5) is 0 Å². The third-order valence-corrected chi connectivity index (χ3v) is 5.75. The number of Topliss-reactive ketones (excluding diaryl/α,β-unsaturated/α-hetero) is 1. The van der Waals surface area contributed by atoms with Crippen molar-refractivity contribution in [2.75, 3.05) is 0 Å². The minimum absolute atomic E-state index is 0.0163. The van der Waals surface area contributed by atoms with Crippen molar-refractivity contribution in [2.24, 2.45) is 11.8 Å². The van der Waals surface area contributed by atoms with Gasteiger partial charge in [0.05, 0.1) is 17.8 Å².